The van der Waals surface area contributed by atoms with E-state index < -0.39 is 0 Å². The number of amides is 2. The van der Waals surface area contributed by atoms with E-state index >= 15 is 0 Å². The van der Waals surface area contributed by atoms with Gasteiger partial charge in [-0.2, -0.15) is 0 Å². The lowest BCUT2D eigenvalue weighted by atomic mass is 10.1. The van der Waals surface area contributed by atoms with Crippen LogP contribution in [-0.4, -0.2) is 54.4 Å². The van der Waals surface area contributed by atoms with E-state index in [1.807, 2.05) is 30.3 Å². The third-order valence-electron chi connectivity index (χ3n) is 4.41. The van der Waals surface area contributed by atoms with Crippen molar-refractivity contribution in [1.82, 2.24) is 9.80 Å². The summed E-state index contributed by atoms with van der Waals surface area (Å²) >= 11 is 12.1. The zero-order chi connectivity index (χ0) is 19.2. The highest BCUT2D eigenvalue weighted by atomic mass is 35.5. The minimum atomic E-state index is -0.165. The van der Waals surface area contributed by atoms with E-state index in [0.717, 1.165) is 5.75 Å². The largest absolute Gasteiger partial charge is 0.493 e. The van der Waals surface area contributed by atoms with Gasteiger partial charge < -0.3 is 14.5 Å². The molecule has 27 heavy (non-hydrogen) atoms. The average Bonchev–Trinajstić information content (AvgIpc) is 2.70. The van der Waals surface area contributed by atoms with Gasteiger partial charge >= 0.3 is 0 Å². The smallest absolute Gasteiger partial charge is 0.255 e. The van der Waals surface area contributed by atoms with E-state index in [2.05, 4.69) is 0 Å². The van der Waals surface area contributed by atoms with Crippen LogP contribution < -0.4 is 4.74 Å². The Labute approximate surface area is 168 Å². The molecule has 5 nitrogen and oxygen atoms in total. The summed E-state index contributed by atoms with van der Waals surface area (Å²) in [6, 6.07) is 14.2. The van der Waals surface area contributed by atoms with Crippen LogP contribution in [0.1, 0.15) is 16.8 Å². The molecule has 0 aliphatic carbocycles. The van der Waals surface area contributed by atoms with Gasteiger partial charge in [0.15, 0.2) is 0 Å². The Balaban J connectivity index is 1.47. The third kappa shape index (κ3) is 5.15. The Morgan fingerprint density at radius 1 is 0.926 bits per heavy atom. The molecule has 0 unspecified atom stereocenters. The van der Waals surface area contributed by atoms with Crippen LogP contribution in [0.4, 0.5) is 0 Å². The van der Waals surface area contributed by atoms with Crippen molar-refractivity contribution >= 4 is 35.0 Å². The molecule has 0 radical (unpaired) electrons. The lowest BCUT2D eigenvalue weighted by molar-refractivity contribution is -0.133. The number of para-hydroxylation sites is 1. The molecule has 0 N–H and O–H groups in total. The Bertz CT molecular complexity index is 806. The molecule has 0 spiro atoms. The molecule has 142 valence electrons. The summed E-state index contributed by atoms with van der Waals surface area (Å²) in [4.78, 5) is 28.4. The highest BCUT2D eigenvalue weighted by Crippen LogP contribution is 2.22. The zero-order valence-electron chi connectivity index (χ0n) is 14.7. The van der Waals surface area contributed by atoms with Crippen molar-refractivity contribution < 1.29 is 14.3 Å². The van der Waals surface area contributed by atoms with Gasteiger partial charge in [-0.15, -0.1) is 0 Å². The van der Waals surface area contributed by atoms with Gasteiger partial charge in [-0.05, 0) is 30.3 Å². The fourth-order valence-electron chi connectivity index (χ4n) is 2.92. The van der Waals surface area contributed by atoms with Crippen molar-refractivity contribution in [2.24, 2.45) is 0 Å². The van der Waals surface area contributed by atoms with Gasteiger partial charge in [0.25, 0.3) is 5.91 Å². The molecule has 1 heterocycles. The number of carbonyl (C=O) groups excluding carboxylic acids is 2. The summed E-state index contributed by atoms with van der Waals surface area (Å²) in [5.41, 5.74) is 0.389. The second-order valence-electron chi connectivity index (χ2n) is 6.21. The minimum Gasteiger partial charge on any atom is -0.493 e. The van der Waals surface area contributed by atoms with E-state index in [1.54, 1.807) is 28.0 Å². The summed E-state index contributed by atoms with van der Waals surface area (Å²) in [5, 5.41) is 0.843. The molecule has 0 atom stereocenters. The summed E-state index contributed by atoms with van der Waals surface area (Å²) in [5.74, 6) is 0.611. The molecular weight excluding hydrogens is 387 g/mol. The monoisotopic (exact) mass is 406 g/mol. The first-order valence-corrected chi connectivity index (χ1v) is 9.50. The molecule has 0 bridgehead atoms. The lowest BCUT2D eigenvalue weighted by Gasteiger charge is -2.35. The quantitative estimate of drug-likeness (QED) is 0.759. The molecule has 1 saturated heterocycles. The molecule has 2 amide bonds. The lowest BCUT2D eigenvalue weighted by Crippen LogP contribution is -2.50. The Hall–Kier alpha value is -2.24. The van der Waals surface area contributed by atoms with Crippen LogP contribution in [-0.2, 0) is 4.79 Å². The van der Waals surface area contributed by atoms with Crippen LogP contribution in [0.5, 0.6) is 5.75 Å². The van der Waals surface area contributed by atoms with E-state index in [-0.39, 0.29) is 11.8 Å². The van der Waals surface area contributed by atoms with Gasteiger partial charge in [0.05, 0.1) is 23.6 Å². The first-order valence-electron chi connectivity index (χ1n) is 8.74. The topological polar surface area (TPSA) is 49.9 Å². The number of piperazine rings is 1. The molecule has 0 saturated carbocycles. The highest BCUT2D eigenvalue weighted by Gasteiger charge is 2.26. The predicted octanol–water partition coefficient (Wildman–Crippen LogP) is 3.75. The van der Waals surface area contributed by atoms with Crippen molar-refractivity contribution in [3.63, 3.8) is 0 Å². The van der Waals surface area contributed by atoms with Gasteiger partial charge in [-0.1, -0.05) is 41.4 Å². The molecule has 1 aliphatic rings. The maximum atomic E-state index is 12.6. The van der Waals surface area contributed by atoms with E-state index in [9.17, 15) is 9.59 Å². The van der Waals surface area contributed by atoms with Crippen LogP contribution in [0.2, 0.25) is 10.0 Å². The summed E-state index contributed by atoms with van der Waals surface area (Å²) in [6.07, 6.45) is 0.308. The highest BCUT2D eigenvalue weighted by molar-refractivity contribution is 6.35. The molecule has 1 fully saturated rings. The van der Waals surface area contributed by atoms with Crippen molar-refractivity contribution in [2.45, 2.75) is 6.42 Å². The number of nitrogens with zero attached hydrogens (tertiary/aromatic N) is 2. The maximum absolute atomic E-state index is 12.6. The van der Waals surface area contributed by atoms with Crippen molar-refractivity contribution in [2.75, 3.05) is 32.8 Å². The fraction of sp³-hybridized carbons (Fsp3) is 0.300. The first kappa shape index (κ1) is 19.5. The number of benzene rings is 2. The molecule has 1 aliphatic heterocycles. The van der Waals surface area contributed by atoms with Crippen LogP contribution >= 0.6 is 23.2 Å². The van der Waals surface area contributed by atoms with E-state index in [4.69, 9.17) is 27.9 Å². The molecule has 3 rings (SSSR count). The Morgan fingerprint density at radius 2 is 1.59 bits per heavy atom. The number of halogens is 2. The van der Waals surface area contributed by atoms with Crippen LogP contribution in [0.3, 0.4) is 0 Å². The van der Waals surface area contributed by atoms with Crippen molar-refractivity contribution in [3.8, 4) is 5.75 Å². The number of hydrogen-bond donors (Lipinski definition) is 0. The molecule has 7 heteroatoms. The van der Waals surface area contributed by atoms with Crippen molar-refractivity contribution in [1.29, 1.82) is 0 Å². The van der Waals surface area contributed by atoms with Crippen molar-refractivity contribution in [3.05, 3.63) is 64.1 Å². The van der Waals surface area contributed by atoms with E-state index in [1.165, 1.54) is 0 Å². The third-order valence-corrected chi connectivity index (χ3v) is 4.97. The minimum absolute atomic E-state index is 0.0267. The SMILES string of the molecule is O=C(CCOc1ccccc1)N1CCN(C(=O)c2cc(Cl)ccc2Cl)CC1. The number of rotatable bonds is 5. The summed E-state index contributed by atoms with van der Waals surface area (Å²) in [7, 11) is 0. The molecule has 2 aromatic rings. The summed E-state index contributed by atoms with van der Waals surface area (Å²) < 4.78 is 5.57. The molecule has 0 aromatic heterocycles. The first-order chi connectivity index (χ1) is 13.0. The number of carbonyl (C=O) groups is 2. The number of ether oxygens (including phenoxy) is 1. The maximum Gasteiger partial charge on any atom is 0.255 e. The number of hydrogen-bond acceptors (Lipinski definition) is 3. The van der Waals surface area contributed by atoms with Crippen LogP contribution in [0.25, 0.3) is 0 Å². The molecular formula is C20H20Cl2N2O3. The second kappa shape index (κ2) is 9.11. The van der Waals surface area contributed by atoms with Gasteiger partial charge in [-0.3, -0.25) is 9.59 Å². The fourth-order valence-corrected chi connectivity index (χ4v) is 3.29. The normalized spacial score (nSPS) is 14.1. The van der Waals surface area contributed by atoms with Gasteiger partial charge in [0, 0.05) is 31.2 Å². The Kier molecular flexibility index (Phi) is 6.58. The average molecular weight is 407 g/mol. The molecule has 2 aromatic carbocycles. The Morgan fingerprint density at radius 3 is 2.30 bits per heavy atom. The standard InChI is InChI=1S/C20H20Cl2N2O3/c21-15-6-7-18(22)17(14-15)20(26)24-11-9-23(10-12-24)19(25)8-13-27-16-4-2-1-3-5-16/h1-7,14H,8-13H2. The van der Waals surface area contributed by atoms with Gasteiger partial charge in [-0.25, -0.2) is 0 Å². The van der Waals surface area contributed by atoms with Gasteiger partial charge in [0.1, 0.15) is 5.75 Å². The second-order valence-corrected chi connectivity index (χ2v) is 7.05. The predicted molar refractivity (Wildman–Crippen MR) is 105 cm³/mol. The van der Waals surface area contributed by atoms with E-state index in [0.29, 0.717) is 54.8 Å². The van der Waals surface area contributed by atoms with Gasteiger partial charge in [0.2, 0.25) is 5.91 Å². The summed E-state index contributed by atoms with van der Waals surface area (Å²) in [6.45, 7) is 2.25. The van der Waals surface area contributed by atoms with Crippen LogP contribution in [0.15, 0.2) is 48.5 Å². The van der Waals surface area contributed by atoms with Crippen LogP contribution in [0, 0.1) is 0 Å². The zero-order valence-corrected chi connectivity index (χ0v) is 16.2.